The predicted octanol–water partition coefficient (Wildman–Crippen LogP) is 3.15. The molecule has 4 nitrogen and oxygen atoms in total. The molecular weight excluding hydrogens is 285 g/mol. The van der Waals surface area contributed by atoms with Crippen LogP contribution in [0.3, 0.4) is 0 Å². The van der Waals surface area contributed by atoms with Gasteiger partial charge in [-0.25, -0.2) is 4.39 Å². The molecule has 0 aliphatic carbocycles. The van der Waals surface area contributed by atoms with E-state index in [4.69, 9.17) is 4.42 Å². The third-order valence-corrected chi connectivity index (χ3v) is 4.02. The Bertz CT molecular complexity index is 673. The number of carbonyl (C=O) groups excluding carboxylic acids is 2. The van der Waals surface area contributed by atoms with E-state index >= 15 is 0 Å². The van der Waals surface area contributed by atoms with Gasteiger partial charge in [0.2, 0.25) is 0 Å². The summed E-state index contributed by atoms with van der Waals surface area (Å²) in [4.78, 5) is 26.2. The largest absolute Gasteiger partial charge is 0.459 e. The van der Waals surface area contributed by atoms with Gasteiger partial charge in [0, 0.05) is 19.0 Å². The second-order valence-electron chi connectivity index (χ2n) is 5.39. The lowest BCUT2D eigenvalue weighted by Crippen LogP contribution is -2.40. The average Bonchev–Trinajstić information content (AvgIpc) is 3.09. The van der Waals surface area contributed by atoms with Crippen LogP contribution in [0, 0.1) is 11.7 Å². The lowest BCUT2D eigenvalue weighted by atomic mass is 9.88. The number of piperidine rings is 1. The van der Waals surface area contributed by atoms with Gasteiger partial charge in [0.05, 0.1) is 11.8 Å². The number of benzene rings is 1. The van der Waals surface area contributed by atoms with Crippen LogP contribution in [0.5, 0.6) is 0 Å². The lowest BCUT2D eigenvalue weighted by Gasteiger charge is -2.30. The summed E-state index contributed by atoms with van der Waals surface area (Å²) < 4.78 is 18.8. The maximum absolute atomic E-state index is 13.7. The van der Waals surface area contributed by atoms with Crippen molar-refractivity contribution in [2.24, 2.45) is 5.92 Å². The van der Waals surface area contributed by atoms with E-state index in [1.165, 1.54) is 18.4 Å². The van der Waals surface area contributed by atoms with Gasteiger partial charge in [0.1, 0.15) is 5.82 Å². The van der Waals surface area contributed by atoms with Crippen LogP contribution in [0.1, 0.15) is 33.8 Å². The van der Waals surface area contributed by atoms with E-state index in [1.54, 1.807) is 29.2 Å². The zero-order valence-electron chi connectivity index (χ0n) is 12.0. The lowest BCUT2D eigenvalue weighted by molar-refractivity contribution is 0.0623. The van der Waals surface area contributed by atoms with Crippen molar-refractivity contribution in [3.05, 3.63) is 59.8 Å². The normalized spacial score (nSPS) is 15.8. The molecule has 0 spiro atoms. The molecule has 0 atom stereocenters. The summed E-state index contributed by atoms with van der Waals surface area (Å²) >= 11 is 0. The number of hydrogen-bond donors (Lipinski definition) is 0. The zero-order valence-corrected chi connectivity index (χ0v) is 12.0. The molecule has 1 aliphatic heterocycles. The van der Waals surface area contributed by atoms with Crippen LogP contribution >= 0.6 is 0 Å². The number of likely N-dealkylation sites (tertiary alicyclic amines) is 1. The molecule has 0 saturated carbocycles. The second kappa shape index (κ2) is 6.13. The molecule has 2 heterocycles. The Morgan fingerprint density at radius 2 is 1.82 bits per heavy atom. The van der Waals surface area contributed by atoms with Gasteiger partial charge in [0.15, 0.2) is 11.5 Å². The minimum absolute atomic E-state index is 0.137. The molecule has 0 N–H and O–H groups in total. The molecule has 5 heteroatoms. The molecule has 1 fully saturated rings. The van der Waals surface area contributed by atoms with Crippen LogP contribution in [0.2, 0.25) is 0 Å². The molecule has 1 aromatic heterocycles. The number of nitrogens with zero attached hydrogens (tertiary/aromatic N) is 1. The van der Waals surface area contributed by atoms with Crippen LogP contribution in [0.15, 0.2) is 47.1 Å². The standard InChI is InChI=1S/C17H16FNO3/c18-14-5-2-1-4-13(14)16(20)12-7-9-19(10-8-12)17(21)15-6-3-11-22-15/h1-6,11-12H,7-10H2. The van der Waals surface area contributed by atoms with E-state index in [2.05, 4.69) is 0 Å². The number of rotatable bonds is 3. The highest BCUT2D eigenvalue weighted by atomic mass is 19.1. The van der Waals surface area contributed by atoms with Crippen LogP contribution in [0.4, 0.5) is 4.39 Å². The number of furan rings is 1. The Morgan fingerprint density at radius 3 is 2.45 bits per heavy atom. The van der Waals surface area contributed by atoms with Gasteiger partial charge < -0.3 is 9.32 Å². The molecule has 1 amide bonds. The van der Waals surface area contributed by atoms with Crippen LogP contribution < -0.4 is 0 Å². The first-order valence-electron chi connectivity index (χ1n) is 7.28. The third-order valence-electron chi connectivity index (χ3n) is 4.02. The van der Waals surface area contributed by atoms with Gasteiger partial charge in [-0.3, -0.25) is 9.59 Å². The van der Waals surface area contributed by atoms with E-state index in [0.29, 0.717) is 31.7 Å². The summed E-state index contributed by atoms with van der Waals surface area (Å²) in [6.45, 7) is 0.953. The van der Waals surface area contributed by atoms with Crippen molar-refractivity contribution in [3.63, 3.8) is 0 Å². The minimum atomic E-state index is -0.485. The molecule has 114 valence electrons. The van der Waals surface area contributed by atoms with Gasteiger partial charge in [-0.15, -0.1) is 0 Å². The zero-order chi connectivity index (χ0) is 15.5. The highest BCUT2D eigenvalue weighted by Crippen LogP contribution is 2.24. The maximum atomic E-state index is 13.7. The van der Waals surface area contributed by atoms with Crippen molar-refractivity contribution in [1.29, 1.82) is 0 Å². The van der Waals surface area contributed by atoms with Crippen molar-refractivity contribution < 1.29 is 18.4 Å². The first-order chi connectivity index (χ1) is 10.7. The summed E-state index contributed by atoms with van der Waals surface area (Å²) in [5, 5.41) is 0. The molecule has 1 aliphatic rings. The summed E-state index contributed by atoms with van der Waals surface area (Å²) in [6, 6.07) is 9.32. The number of Topliss-reactive ketones (excluding diaryl/α,β-unsaturated/α-hetero) is 1. The van der Waals surface area contributed by atoms with Gasteiger partial charge >= 0.3 is 0 Å². The minimum Gasteiger partial charge on any atom is -0.459 e. The fourth-order valence-corrected chi connectivity index (χ4v) is 2.78. The third kappa shape index (κ3) is 2.79. The summed E-state index contributed by atoms with van der Waals surface area (Å²) in [7, 11) is 0. The number of ketones is 1. The summed E-state index contributed by atoms with van der Waals surface area (Å²) in [5.74, 6) is -0.761. The number of halogens is 1. The Hall–Kier alpha value is -2.43. The van der Waals surface area contributed by atoms with Crippen molar-refractivity contribution >= 4 is 11.7 Å². The van der Waals surface area contributed by atoms with Crippen molar-refractivity contribution in [2.75, 3.05) is 13.1 Å². The Morgan fingerprint density at radius 1 is 1.09 bits per heavy atom. The Labute approximate surface area is 127 Å². The molecule has 1 aromatic carbocycles. The van der Waals surface area contributed by atoms with Crippen LogP contribution in [-0.2, 0) is 0 Å². The number of amides is 1. The highest BCUT2D eigenvalue weighted by Gasteiger charge is 2.30. The molecule has 3 rings (SSSR count). The highest BCUT2D eigenvalue weighted by molar-refractivity contribution is 5.98. The molecule has 0 unspecified atom stereocenters. The fraction of sp³-hybridized carbons (Fsp3) is 0.294. The Balaban J connectivity index is 1.63. The van der Waals surface area contributed by atoms with E-state index in [-0.39, 0.29) is 23.2 Å². The van der Waals surface area contributed by atoms with E-state index < -0.39 is 5.82 Å². The van der Waals surface area contributed by atoms with Crippen molar-refractivity contribution in [3.8, 4) is 0 Å². The molecule has 0 bridgehead atoms. The number of hydrogen-bond acceptors (Lipinski definition) is 3. The molecule has 22 heavy (non-hydrogen) atoms. The van der Waals surface area contributed by atoms with Gasteiger partial charge in [0.25, 0.3) is 5.91 Å². The van der Waals surface area contributed by atoms with Gasteiger partial charge in [-0.1, -0.05) is 12.1 Å². The fourth-order valence-electron chi connectivity index (χ4n) is 2.78. The first kappa shape index (κ1) is 14.5. The smallest absolute Gasteiger partial charge is 0.289 e. The van der Waals surface area contributed by atoms with Crippen molar-refractivity contribution in [2.45, 2.75) is 12.8 Å². The van der Waals surface area contributed by atoms with Crippen LogP contribution in [-0.4, -0.2) is 29.7 Å². The molecule has 0 radical (unpaired) electrons. The topological polar surface area (TPSA) is 50.5 Å². The van der Waals surface area contributed by atoms with Gasteiger partial charge in [-0.05, 0) is 37.1 Å². The Kier molecular flexibility index (Phi) is 4.04. The summed E-state index contributed by atoms with van der Waals surface area (Å²) in [5.41, 5.74) is 0.137. The monoisotopic (exact) mass is 301 g/mol. The van der Waals surface area contributed by atoms with Crippen molar-refractivity contribution in [1.82, 2.24) is 4.90 Å². The SMILES string of the molecule is O=C(c1ccccc1F)C1CCN(C(=O)c2ccco2)CC1. The maximum Gasteiger partial charge on any atom is 0.289 e. The molecular formula is C17H16FNO3. The van der Waals surface area contributed by atoms with E-state index in [9.17, 15) is 14.0 Å². The number of carbonyl (C=O) groups is 2. The molecule has 2 aromatic rings. The van der Waals surface area contributed by atoms with E-state index in [0.717, 1.165) is 0 Å². The van der Waals surface area contributed by atoms with Crippen LogP contribution in [0.25, 0.3) is 0 Å². The molecule has 1 saturated heterocycles. The average molecular weight is 301 g/mol. The van der Waals surface area contributed by atoms with Gasteiger partial charge in [-0.2, -0.15) is 0 Å². The second-order valence-corrected chi connectivity index (χ2v) is 5.39. The first-order valence-corrected chi connectivity index (χ1v) is 7.28. The quantitative estimate of drug-likeness (QED) is 0.818. The summed E-state index contributed by atoms with van der Waals surface area (Å²) in [6.07, 6.45) is 2.54. The predicted molar refractivity (Wildman–Crippen MR) is 78.1 cm³/mol. The van der Waals surface area contributed by atoms with E-state index in [1.807, 2.05) is 0 Å².